The van der Waals surface area contributed by atoms with Gasteiger partial charge in [-0.05, 0) is 24.3 Å². The summed E-state index contributed by atoms with van der Waals surface area (Å²) in [6.45, 7) is 1.20. The fourth-order valence-corrected chi connectivity index (χ4v) is 4.45. The number of para-hydroxylation sites is 2. The van der Waals surface area contributed by atoms with Crippen LogP contribution < -0.4 is 5.32 Å². The molecule has 0 spiro atoms. The van der Waals surface area contributed by atoms with E-state index >= 15 is 0 Å². The van der Waals surface area contributed by atoms with Crippen molar-refractivity contribution in [1.29, 1.82) is 0 Å². The standard InChI is InChI=1S/C22H19FN6O2S.H2/c23-14-4-3-8-24-16(14)10-25-22(31)17-13-32-20(27-17)7-9-28-11-19-26-15-5-1-2-6-18(15)29(19)12-21(28)30;/h1-6,8,13H,7,9-12H2,(H,25,31);1H. The highest BCUT2D eigenvalue weighted by atomic mass is 32.1. The SMILES string of the molecule is O=C(NCc1ncccc1F)c1csc(CCN2Cc3nc4ccccc4n3CC2=O)n1.[HH]. The maximum absolute atomic E-state index is 13.6. The van der Waals surface area contributed by atoms with E-state index in [2.05, 4.69) is 20.3 Å². The molecule has 0 saturated heterocycles. The number of thiazole rings is 1. The normalized spacial score (nSPS) is 13.4. The van der Waals surface area contributed by atoms with E-state index in [1.54, 1.807) is 10.3 Å². The number of halogens is 1. The zero-order valence-electron chi connectivity index (χ0n) is 17.0. The van der Waals surface area contributed by atoms with Crippen LogP contribution in [-0.4, -0.2) is 42.8 Å². The summed E-state index contributed by atoms with van der Waals surface area (Å²) in [5, 5.41) is 5.05. The van der Waals surface area contributed by atoms with E-state index in [-0.39, 0.29) is 37.7 Å². The molecule has 4 aromatic rings. The Hall–Kier alpha value is -3.66. The second-order valence-electron chi connectivity index (χ2n) is 7.41. The number of carbonyl (C=O) groups is 2. The van der Waals surface area contributed by atoms with Crippen molar-refractivity contribution in [3.05, 3.63) is 76.0 Å². The Bertz CT molecular complexity index is 1320. The topological polar surface area (TPSA) is 93.0 Å². The van der Waals surface area contributed by atoms with E-state index in [0.29, 0.717) is 19.5 Å². The van der Waals surface area contributed by atoms with Gasteiger partial charge in [0, 0.05) is 26.0 Å². The van der Waals surface area contributed by atoms with E-state index in [4.69, 9.17) is 0 Å². The van der Waals surface area contributed by atoms with Gasteiger partial charge >= 0.3 is 0 Å². The van der Waals surface area contributed by atoms with Gasteiger partial charge in [0.25, 0.3) is 5.91 Å². The molecule has 0 radical (unpaired) electrons. The van der Waals surface area contributed by atoms with E-state index in [0.717, 1.165) is 21.9 Å². The van der Waals surface area contributed by atoms with Gasteiger partial charge in [0.05, 0.1) is 34.8 Å². The fraction of sp³-hybridized carbons (Fsp3) is 0.227. The molecule has 5 rings (SSSR count). The van der Waals surface area contributed by atoms with Crippen LogP contribution >= 0.6 is 11.3 Å². The molecule has 0 aliphatic carbocycles. The molecule has 3 aromatic heterocycles. The molecule has 0 unspecified atom stereocenters. The molecule has 2 amide bonds. The number of amides is 2. The van der Waals surface area contributed by atoms with Gasteiger partial charge in [0.15, 0.2) is 0 Å². The van der Waals surface area contributed by atoms with Crippen LogP contribution in [0, 0.1) is 5.82 Å². The molecule has 1 aromatic carbocycles. The average Bonchev–Trinajstić information content (AvgIpc) is 3.41. The first kappa shape index (κ1) is 20.3. The highest BCUT2D eigenvalue weighted by Crippen LogP contribution is 2.22. The summed E-state index contributed by atoms with van der Waals surface area (Å²) < 4.78 is 15.6. The van der Waals surface area contributed by atoms with Crippen molar-refractivity contribution in [3.8, 4) is 0 Å². The van der Waals surface area contributed by atoms with Crippen molar-refractivity contribution in [2.24, 2.45) is 0 Å². The number of imidazole rings is 1. The van der Waals surface area contributed by atoms with E-state index in [1.165, 1.54) is 29.7 Å². The third kappa shape index (κ3) is 3.96. The molecule has 0 bridgehead atoms. The van der Waals surface area contributed by atoms with E-state index in [1.807, 2.05) is 28.8 Å². The predicted molar refractivity (Wildman–Crippen MR) is 118 cm³/mol. The number of nitrogens with one attached hydrogen (secondary N) is 1. The Morgan fingerprint density at radius 2 is 2.06 bits per heavy atom. The van der Waals surface area contributed by atoms with Gasteiger partial charge in [-0.25, -0.2) is 14.4 Å². The Labute approximate surface area is 188 Å². The molecule has 0 atom stereocenters. The number of rotatable bonds is 6. The minimum absolute atomic E-state index is 0. The smallest absolute Gasteiger partial charge is 0.271 e. The summed E-state index contributed by atoms with van der Waals surface area (Å²) in [5.41, 5.74) is 2.30. The second kappa shape index (κ2) is 8.46. The van der Waals surface area contributed by atoms with Crippen molar-refractivity contribution in [1.82, 2.24) is 29.7 Å². The number of hydrogen-bond acceptors (Lipinski definition) is 6. The van der Waals surface area contributed by atoms with Gasteiger partial charge < -0.3 is 14.8 Å². The Morgan fingerprint density at radius 3 is 2.94 bits per heavy atom. The first-order valence-electron chi connectivity index (χ1n) is 10.1. The number of carbonyl (C=O) groups excluding carboxylic acids is 2. The molecular formula is C22H21FN6O2S. The summed E-state index contributed by atoms with van der Waals surface area (Å²) in [6, 6.07) is 10.6. The summed E-state index contributed by atoms with van der Waals surface area (Å²) in [4.78, 5) is 39.7. The van der Waals surface area contributed by atoms with Crippen LogP contribution in [0.5, 0.6) is 0 Å². The maximum Gasteiger partial charge on any atom is 0.271 e. The van der Waals surface area contributed by atoms with E-state index < -0.39 is 5.82 Å². The van der Waals surface area contributed by atoms with Crippen LogP contribution in [0.15, 0.2) is 48.0 Å². The third-order valence-corrected chi connectivity index (χ3v) is 6.25. The zero-order valence-corrected chi connectivity index (χ0v) is 17.8. The Morgan fingerprint density at radius 1 is 1.19 bits per heavy atom. The minimum Gasteiger partial charge on any atom is -0.345 e. The third-order valence-electron chi connectivity index (χ3n) is 5.34. The van der Waals surface area contributed by atoms with Crippen LogP contribution in [0.25, 0.3) is 11.0 Å². The Kier molecular flexibility index (Phi) is 5.36. The lowest BCUT2D eigenvalue weighted by Crippen LogP contribution is -2.40. The second-order valence-corrected chi connectivity index (χ2v) is 8.35. The lowest BCUT2D eigenvalue weighted by atomic mass is 10.3. The highest BCUT2D eigenvalue weighted by molar-refractivity contribution is 7.09. The summed E-state index contributed by atoms with van der Waals surface area (Å²) in [5.74, 6) is 0.0473. The van der Waals surface area contributed by atoms with Gasteiger partial charge in [-0.15, -0.1) is 11.3 Å². The molecule has 1 aliphatic heterocycles. The first-order chi connectivity index (χ1) is 15.6. The lowest BCUT2D eigenvalue weighted by Gasteiger charge is -2.27. The number of pyridine rings is 1. The molecule has 10 heteroatoms. The molecule has 8 nitrogen and oxygen atoms in total. The predicted octanol–water partition coefficient (Wildman–Crippen LogP) is 2.79. The molecule has 164 valence electrons. The van der Waals surface area contributed by atoms with Gasteiger partial charge in [0.2, 0.25) is 5.91 Å². The van der Waals surface area contributed by atoms with Gasteiger partial charge in [0.1, 0.15) is 23.9 Å². The number of aromatic nitrogens is 4. The summed E-state index contributed by atoms with van der Waals surface area (Å²) in [6.07, 6.45) is 2.02. The van der Waals surface area contributed by atoms with Crippen molar-refractivity contribution in [3.63, 3.8) is 0 Å². The average molecular weight is 453 g/mol. The maximum atomic E-state index is 13.6. The van der Waals surface area contributed by atoms with Crippen LogP contribution in [0.2, 0.25) is 0 Å². The number of fused-ring (bicyclic) bond motifs is 3. The summed E-state index contributed by atoms with van der Waals surface area (Å²) >= 11 is 1.36. The largest absolute Gasteiger partial charge is 0.345 e. The van der Waals surface area contributed by atoms with Crippen molar-refractivity contribution >= 4 is 34.2 Å². The molecule has 4 heterocycles. The lowest BCUT2D eigenvalue weighted by molar-refractivity contribution is -0.134. The molecule has 0 saturated carbocycles. The first-order valence-corrected chi connectivity index (χ1v) is 11.0. The minimum atomic E-state index is -0.466. The number of nitrogens with zero attached hydrogens (tertiary/aromatic N) is 5. The monoisotopic (exact) mass is 452 g/mol. The van der Waals surface area contributed by atoms with Crippen molar-refractivity contribution in [2.45, 2.75) is 26.1 Å². The van der Waals surface area contributed by atoms with Crippen molar-refractivity contribution < 1.29 is 15.4 Å². The molecule has 1 N–H and O–H groups in total. The van der Waals surface area contributed by atoms with Gasteiger partial charge in [-0.3, -0.25) is 14.6 Å². The molecule has 32 heavy (non-hydrogen) atoms. The molecule has 1 aliphatic rings. The number of benzene rings is 1. The van der Waals surface area contributed by atoms with Gasteiger partial charge in [-0.1, -0.05) is 12.1 Å². The fourth-order valence-electron chi connectivity index (χ4n) is 3.68. The van der Waals surface area contributed by atoms with Crippen LogP contribution in [0.4, 0.5) is 4.39 Å². The van der Waals surface area contributed by atoms with Crippen LogP contribution in [-0.2, 0) is 30.8 Å². The van der Waals surface area contributed by atoms with Crippen LogP contribution in [0.3, 0.4) is 0 Å². The van der Waals surface area contributed by atoms with E-state index in [9.17, 15) is 14.0 Å². The highest BCUT2D eigenvalue weighted by Gasteiger charge is 2.25. The quantitative estimate of drug-likeness (QED) is 0.486. The zero-order chi connectivity index (χ0) is 22.1. The Balaban J connectivity index is 0.00000259. The van der Waals surface area contributed by atoms with Gasteiger partial charge in [-0.2, -0.15) is 0 Å². The molecular weight excluding hydrogens is 431 g/mol. The van der Waals surface area contributed by atoms with Crippen LogP contribution in [0.1, 0.15) is 28.4 Å². The summed E-state index contributed by atoms with van der Waals surface area (Å²) in [7, 11) is 0. The number of hydrogen-bond donors (Lipinski definition) is 1. The molecule has 0 fully saturated rings. The van der Waals surface area contributed by atoms with Crippen molar-refractivity contribution in [2.75, 3.05) is 6.54 Å².